The zero-order valence-electron chi connectivity index (χ0n) is 4.80. The summed E-state index contributed by atoms with van der Waals surface area (Å²) in [5.74, 6) is 0. The van der Waals surface area contributed by atoms with Gasteiger partial charge in [0.05, 0.1) is 6.61 Å². The Balaban J connectivity index is 2.72. The predicted octanol–water partition coefficient (Wildman–Crippen LogP) is -0.959. The molecule has 4 N–H and O–H groups in total. The summed E-state index contributed by atoms with van der Waals surface area (Å²) in [6.07, 6.45) is 3.26. The fraction of sp³-hybridized carbons (Fsp3) is 0.600. The Morgan fingerprint density at radius 3 is 2.88 bits per heavy atom. The molecule has 0 bridgehead atoms. The average molecular weight is 116 g/mol. The summed E-state index contributed by atoms with van der Waals surface area (Å²) in [5, 5.41) is 11.2. The van der Waals surface area contributed by atoms with Gasteiger partial charge in [-0.2, -0.15) is 0 Å². The van der Waals surface area contributed by atoms with E-state index in [1.54, 1.807) is 6.08 Å². The number of aliphatic hydroxyl groups excluding tert-OH is 1. The van der Waals surface area contributed by atoms with Gasteiger partial charge in [0.1, 0.15) is 0 Å². The summed E-state index contributed by atoms with van der Waals surface area (Å²) in [4.78, 5) is 0. The third kappa shape index (κ3) is 5.46. The topological polar surface area (TPSA) is 58.3 Å². The molecule has 0 rings (SSSR count). The van der Waals surface area contributed by atoms with Crippen molar-refractivity contribution in [1.82, 2.24) is 5.32 Å². The summed E-state index contributed by atoms with van der Waals surface area (Å²) >= 11 is 0. The van der Waals surface area contributed by atoms with Gasteiger partial charge in [-0.05, 0) is 6.20 Å². The van der Waals surface area contributed by atoms with E-state index in [-0.39, 0.29) is 6.61 Å². The standard InChI is InChI=1S/C5H12N2O/c6-2-1-3-7-4-5-8/h1-2,7-8H,3-6H2. The molecule has 48 valence electrons. The molecule has 0 aliphatic carbocycles. The first-order chi connectivity index (χ1) is 3.91. The highest BCUT2D eigenvalue weighted by molar-refractivity contribution is 4.77. The van der Waals surface area contributed by atoms with E-state index in [0.717, 1.165) is 6.54 Å². The molecule has 0 atom stereocenters. The normalized spacial score (nSPS) is 10.6. The van der Waals surface area contributed by atoms with Gasteiger partial charge in [-0.25, -0.2) is 0 Å². The summed E-state index contributed by atoms with van der Waals surface area (Å²) in [5.41, 5.74) is 5.03. The molecule has 0 aliphatic heterocycles. The molecule has 0 heterocycles. The number of nitrogens with two attached hydrogens (primary N) is 1. The molecular formula is C5H12N2O. The lowest BCUT2D eigenvalue weighted by atomic mass is 10.5. The highest BCUT2D eigenvalue weighted by Crippen LogP contribution is 1.60. The third-order valence-electron chi connectivity index (χ3n) is 0.687. The van der Waals surface area contributed by atoms with Crippen molar-refractivity contribution in [1.29, 1.82) is 0 Å². The predicted molar refractivity (Wildman–Crippen MR) is 33.3 cm³/mol. The molecule has 0 aliphatic rings. The molecule has 0 aromatic rings. The van der Waals surface area contributed by atoms with Crippen LogP contribution in [0.2, 0.25) is 0 Å². The maximum atomic E-state index is 8.25. The number of hydrogen-bond donors (Lipinski definition) is 3. The first kappa shape index (κ1) is 7.46. The fourth-order valence-corrected chi connectivity index (χ4v) is 0.332. The minimum Gasteiger partial charge on any atom is -0.405 e. The highest BCUT2D eigenvalue weighted by Gasteiger charge is 1.75. The SMILES string of the molecule is NC=CCNCCO. The second kappa shape index (κ2) is 6.46. The molecule has 3 nitrogen and oxygen atoms in total. The third-order valence-corrected chi connectivity index (χ3v) is 0.687. The summed E-state index contributed by atoms with van der Waals surface area (Å²) in [6.45, 7) is 1.54. The van der Waals surface area contributed by atoms with Crippen molar-refractivity contribution in [3.63, 3.8) is 0 Å². The van der Waals surface area contributed by atoms with Crippen LogP contribution in [0.5, 0.6) is 0 Å². The molecule has 8 heavy (non-hydrogen) atoms. The fourth-order valence-electron chi connectivity index (χ4n) is 0.332. The maximum Gasteiger partial charge on any atom is 0.0556 e. The van der Waals surface area contributed by atoms with E-state index in [1.165, 1.54) is 6.20 Å². The molecule has 0 aromatic heterocycles. The van der Waals surface area contributed by atoms with Crippen molar-refractivity contribution in [2.24, 2.45) is 5.73 Å². The monoisotopic (exact) mass is 116 g/mol. The molecule has 0 saturated heterocycles. The van der Waals surface area contributed by atoms with Crippen molar-refractivity contribution >= 4 is 0 Å². The van der Waals surface area contributed by atoms with Crippen LogP contribution in [0.1, 0.15) is 0 Å². The minimum absolute atomic E-state index is 0.179. The first-order valence-electron chi connectivity index (χ1n) is 2.60. The molecule has 3 heteroatoms. The number of nitrogens with one attached hydrogen (secondary N) is 1. The largest absolute Gasteiger partial charge is 0.405 e. The van der Waals surface area contributed by atoms with E-state index in [1.807, 2.05) is 0 Å². The zero-order valence-corrected chi connectivity index (χ0v) is 4.80. The molecule has 0 saturated carbocycles. The van der Waals surface area contributed by atoms with Crippen molar-refractivity contribution < 1.29 is 5.11 Å². The molecule has 0 aromatic carbocycles. The van der Waals surface area contributed by atoms with Crippen LogP contribution in [0.15, 0.2) is 12.3 Å². The Morgan fingerprint density at radius 2 is 2.38 bits per heavy atom. The van der Waals surface area contributed by atoms with Crippen LogP contribution in [0.25, 0.3) is 0 Å². The number of aliphatic hydroxyl groups is 1. The first-order valence-corrected chi connectivity index (χ1v) is 2.60. The van der Waals surface area contributed by atoms with Gasteiger partial charge in [0, 0.05) is 13.1 Å². The summed E-state index contributed by atoms with van der Waals surface area (Å²) in [6, 6.07) is 0. The second-order valence-corrected chi connectivity index (χ2v) is 1.36. The lowest BCUT2D eigenvalue weighted by Gasteiger charge is -1.93. The molecule has 0 fully saturated rings. The molecule has 0 amide bonds. The van der Waals surface area contributed by atoms with Crippen LogP contribution in [0, 0.1) is 0 Å². The Kier molecular flexibility index (Phi) is 6.02. The minimum atomic E-state index is 0.179. The molecule has 0 unspecified atom stereocenters. The van der Waals surface area contributed by atoms with Crippen LogP contribution in [-0.4, -0.2) is 24.8 Å². The van der Waals surface area contributed by atoms with Gasteiger partial charge in [0.15, 0.2) is 0 Å². The van der Waals surface area contributed by atoms with Crippen LogP contribution in [0.4, 0.5) is 0 Å². The average Bonchev–Trinajstić information content (AvgIpc) is 1.81. The second-order valence-electron chi connectivity index (χ2n) is 1.36. The van der Waals surface area contributed by atoms with Gasteiger partial charge in [0.25, 0.3) is 0 Å². The van der Waals surface area contributed by atoms with E-state index in [2.05, 4.69) is 5.32 Å². The van der Waals surface area contributed by atoms with Crippen molar-refractivity contribution in [3.8, 4) is 0 Å². The lowest BCUT2D eigenvalue weighted by molar-refractivity contribution is 0.294. The van der Waals surface area contributed by atoms with Crippen molar-refractivity contribution in [3.05, 3.63) is 12.3 Å². The number of hydrogen-bond acceptors (Lipinski definition) is 3. The zero-order chi connectivity index (χ0) is 6.24. The van der Waals surface area contributed by atoms with Gasteiger partial charge in [-0.3, -0.25) is 0 Å². The Labute approximate surface area is 49.2 Å². The maximum absolute atomic E-state index is 8.25. The molecule has 0 spiro atoms. The van der Waals surface area contributed by atoms with Crippen molar-refractivity contribution in [2.75, 3.05) is 19.7 Å². The Bertz CT molecular complexity index is 63.4. The summed E-state index contributed by atoms with van der Waals surface area (Å²) < 4.78 is 0. The van der Waals surface area contributed by atoms with Crippen LogP contribution >= 0.6 is 0 Å². The van der Waals surface area contributed by atoms with Gasteiger partial charge >= 0.3 is 0 Å². The quantitative estimate of drug-likeness (QED) is 0.415. The van der Waals surface area contributed by atoms with Crippen molar-refractivity contribution in [2.45, 2.75) is 0 Å². The van der Waals surface area contributed by atoms with E-state index < -0.39 is 0 Å². The molecule has 0 radical (unpaired) electrons. The van der Waals surface area contributed by atoms with E-state index in [9.17, 15) is 0 Å². The van der Waals surface area contributed by atoms with Gasteiger partial charge in [-0.15, -0.1) is 0 Å². The van der Waals surface area contributed by atoms with E-state index in [0.29, 0.717) is 6.54 Å². The molecular weight excluding hydrogens is 104 g/mol. The van der Waals surface area contributed by atoms with Crippen LogP contribution in [-0.2, 0) is 0 Å². The summed E-state index contributed by atoms with van der Waals surface area (Å²) in [7, 11) is 0. The lowest BCUT2D eigenvalue weighted by Crippen LogP contribution is -2.17. The van der Waals surface area contributed by atoms with Crippen LogP contribution in [0.3, 0.4) is 0 Å². The van der Waals surface area contributed by atoms with Crippen LogP contribution < -0.4 is 11.1 Å². The number of rotatable bonds is 4. The van der Waals surface area contributed by atoms with E-state index in [4.69, 9.17) is 10.8 Å². The Morgan fingerprint density at radius 1 is 1.62 bits per heavy atom. The van der Waals surface area contributed by atoms with Gasteiger partial charge < -0.3 is 16.2 Å². The van der Waals surface area contributed by atoms with Gasteiger partial charge in [0.2, 0.25) is 0 Å². The van der Waals surface area contributed by atoms with E-state index >= 15 is 0 Å². The Hall–Kier alpha value is -0.540. The van der Waals surface area contributed by atoms with Gasteiger partial charge in [-0.1, -0.05) is 6.08 Å². The highest BCUT2D eigenvalue weighted by atomic mass is 16.3. The smallest absolute Gasteiger partial charge is 0.0556 e.